The van der Waals surface area contributed by atoms with Gasteiger partial charge < -0.3 is 11.1 Å². The summed E-state index contributed by atoms with van der Waals surface area (Å²) in [6.45, 7) is 1.75. The number of aryl methyl sites for hydroxylation is 2. The highest BCUT2D eigenvalue weighted by Crippen LogP contribution is 2.31. The van der Waals surface area contributed by atoms with Crippen molar-refractivity contribution in [3.8, 4) is 0 Å². The molecule has 150 valence electrons. The fourth-order valence-corrected chi connectivity index (χ4v) is 3.91. The van der Waals surface area contributed by atoms with E-state index < -0.39 is 6.04 Å². The average Bonchev–Trinajstić information content (AvgIpc) is 3.13. The number of carbonyl (C=O) groups is 1. The van der Waals surface area contributed by atoms with Crippen LogP contribution in [0.5, 0.6) is 0 Å². The number of tetrazole rings is 1. The Morgan fingerprint density at radius 2 is 2.10 bits per heavy atom. The first kappa shape index (κ1) is 19.0. The summed E-state index contributed by atoms with van der Waals surface area (Å²) in [6, 6.07) is 11.2. The number of halogens is 1. The number of nitrogens with two attached hydrogens (primary N) is 1. The van der Waals surface area contributed by atoms with Gasteiger partial charge in [0.15, 0.2) is 0 Å². The fraction of sp³-hybridized carbons (Fsp3) is 0.333. The molecule has 2 unspecified atom stereocenters. The van der Waals surface area contributed by atoms with E-state index in [1.807, 2.05) is 18.2 Å². The third-order valence-electron chi connectivity index (χ3n) is 5.40. The van der Waals surface area contributed by atoms with Crippen LogP contribution in [0.4, 0.5) is 10.1 Å². The zero-order chi connectivity index (χ0) is 20.4. The third kappa shape index (κ3) is 4.11. The van der Waals surface area contributed by atoms with Crippen LogP contribution in [0.3, 0.4) is 0 Å². The van der Waals surface area contributed by atoms with E-state index in [-0.39, 0.29) is 17.8 Å². The molecule has 0 saturated carbocycles. The van der Waals surface area contributed by atoms with Gasteiger partial charge in [-0.1, -0.05) is 18.2 Å². The first-order valence-electron chi connectivity index (χ1n) is 9.69. The van der Waals surface area contributed by atoms with Crippen molar-refractivity contribution in [1.82, 2.24) is 25.5 Å². The molecule has 0 spiro atoms. The Kier molecular flexibility index (Phi) is 5.24. The zero-order valence-electron chi connectivity index (χ0n) is 16.2. The largest absolute Gasteiger partial charge is 0.399 e. The highest BCUT2D eigenvalue weighted by atomic mass is 19.1. The number of rotatable bonds is 5. The Balaban J connectivity index is 1.59. The lowest BCUT2D eigenvalue weighted by Crippen LogP contribution is -2.38. The fourth-order valence-electron chi connectivity index (χ4n) is 3.91. The number of hydrogen-bond acceptors (Lipinski definition) is 5. The molecular weight excluding hydrogens is 371 g/mol. The van der Waals surface area contributed by atoms with E-state index in [0.717, 1.165) is 36.1 Å². The zero-order valence-corrected chi connectivity index (χ0v) is 16.2. The van der Waals surface area contributed by atoms with Gasteiger partial charge in [0.25, 0.3) is 0 Å². The summed E-state index contributed by atoms with van der Waals surface area (Å²) in [5.74, 6) is 0.0647. The second-order valence-corrected chi connectivity index (χ2v) is 7.43. The van der Waals surface area contributed by atoms with Gasteiger partial charge in [-0.3, -0.25) is 4.79 Å². The molecule has 8 heteroatoms. The second-order valence-electron chi connectivity index (χ2n) is 7.43. The molecule has 0 bridgehead atoms. The molecule has 7 nitrogen and oxygen atoms in total. The first-order valence-corrected chi connectivity index (χ1v) is 9.69. The minimum absolute atomic E-state index is 0.0839. The quantitative estimate of drug-likeness (QED) is 0.648. The van der Waals surface area contributed by atoms with E-state index in [9.17, 15) is 9.18 Å². The summed E-state index contributed by atoms with van der Waals surface area (Å²) in [5.41, 5.74) is 9.76. The van der Waals surface area contributed by atoms with Gasteiger partial charge in [-0.05, 0) is 77.6 Å². The van der Waals surface area contributed by atoms with E-state index in [0.29, 0.717) is 12.2 Å². The summed E-state index contributed by atoms with van der Waals surface area (Å²) < 4.78 is 14.8. The molecular formula is C21H23FN6O. The van der Waals surface area contributed by atoms with Crippen LogP contribution in [0.25, 0.3) is 0 Å². The summed E-state index contributed by atoms with van der Waals surface area (Å²) in [7, 11) is 0. The van der Waals surface area contributed by atoms with Crippen molar-refractivity contribution in [2.45, 2.75) is 44.7 Å². The monoisotopic (exact) mass is 394 g/mol. The molecule has 0 aliphatic heterocycles. The summed E-state index contributed by atoms with van der Waals surface area (Å²) in [6.07, 6.45) is 3.16. The highest BCUT2D eigenvalue weighted by Gasteiger charge is 2.28. The number of fused-ring (bicyclic) bond motifs is 1. The van der Waals surface area contributed by atoms with E-state index in [4.69, 9.17) is 5.73 Å². The molecule has 2 atom stereocenters. The van der Waals surface area contributed by atoms with Gasteiger partial charge in [-0.25, -0.2) is 9.07 Å². The summed E-state index contributed by atoms with van der Waals surface area (Å²) in [5, 5.41) is 14.8. The molecule has 3 N–H and O–H groups in total. The molecule has 1 heterocycles. The Morgan fingerprint density at radius 1 is 1.31 bits per heavy atom. The van der Waals surface area contributed by atoms with Crippen molar-refractivity contribution in [3.63, 3.8) is 0 Å². The van der Waals surface area contributed by atoms with Gasteiger partial charge in [0.2, 0.25) is 5.91 Å². The van der Waals surface area contributed by atoms with E-state index in [1.165, 1.54) is 22.4 Å². The molecule has 0 saturated heterocycles. The van der Waals surface area contributed by atoms with Crippen LogP contribution in [0.2, 0.25) is 0 Å². The maximum Gasteiger partial charge on any atom is 0.245 e. The molecule has 1 aromatic heterocycles. The number of anilines is 1. The van der Waals surface area contributed by atoms with Crippen LogP contribution in [0.15, 0.2) is 42.5 Å². The second kappa shape index (κ2) is 7.98. The van der Waals surface area contributed by atoms with Crippen LogP contribution in [-0.2, 0) is 17.6 Å². The van der Waals surface area contributed by atoms with Crippen LogP contribution in [0, 0.1) is 12.7 Å². The molecule has 2 aromatic carbocycles. The van der Waals surface area contributed by atoms with Crippen molar-refractivity contribution in [2.75, 3.05) is 5.73 Å². The van der Waals surface area contributed by atoms with Gasteiger partial charge in [0.05, 0.1) is 6.04 Å². The Morgan fingerprint density at radius 3 is 2.83 bits per heavy atom. The number of aromatic nitrogens is 4. The van der Waals surface area contributed by atoms with E-state index >= 15 is 0 Å². The van der Waals surface area contributed by atoms with E-state index in [2.05, 4.69) is 20.8 Å². The van der Waals surface area contributed by atoms with Crippen LogP contribution in [-0.4, -0.2) is 26.1 Å². The van der Waals surface area contributed by atoms with Crippen LogP contribution in [0.1, 0.15) is 47.4 Å². The lowest BCUT2D eigenvalue weighted by molar-refractivity contribution is -0.125. The first-order chi connectivity index (χ1) is 14.0. The van der Waals surface area contributed by atoms with Crippen molar-refractivity contribution in [3.05, 3.63) is 70.8 Å². The Bertz CT molecular complexity index is 1020. The molecule has 0 fully saturated rings. The molecule has 29 heavy (non-hydrogen) atoms. The predicted molar refractivity (Wildman–Crippen MR) is 106 cm³/mol. The molecule has 0 radical (unpaired) electrons. The highest BCUT2D eigenvalue weighted by molar-refractivity contribution is 5.81. The lowest BCUT2D eigenvalue weighted by Gasteiger charge is -2.28. The van der Waals surface area contributed by atoms with Crippen LogP contribution >= 0.6 is 0 Å². The third-order valence-corrected chi connectivity index (χ3v) is 5.40. The molecule has 1 aliphatic rings. The maximum atomic E-state index is 13.3. The summed E-state index contributed by atoms with van der Waals surface area (Å²) >= 11 is 0. The van der Waals surface area contributed by atoms with Gasteiger partial charge >= 0.3 is 0 Å². The van der Waals surface area contributed by atoms with Gasteiger partial charge in [0.1, 0.15) is 17.7 Å². The number of nitrogens with one attached hydrogen (secondary N) is 1. The van der Waals surface area contributed by atoms with E-state index in [1.54, 1.807) is 19.1 Å². The lowest BCUT2D eigenvalue weighted by atomic mass is 9.87. The SMILES string of the molecule is Cc1nnnn1C(Cc1ccc(F)cc1)C(=O)NC1CCCc2cc(N)ccc21. The molecule has 1 aliphatic carbocycles. The topological polar surface area (TPSA) is 98.7 Å². The normalized spacial score (nSPS) is 16.8. The Hall–Kier alpha value is -3.29. The van der Waals surface area contributed by atoms with Gasteiger partial charge in [0, 0.05) is 12.1 Å². The number of amides is 1. The number of carbonyl (C=O) groups excluding carboxylic acids is 1. The Labute approximate surface area is 168 Å². The standard InChI is InChI=1S/C21H23FN6O/c1-13-25-26-27-28(13)20(11-14-5-7-16(22)8-6-14)21(29)24-19-4-2-3-15-12-17(23)9-10-18(15)19/h5-10,12,19-20H,2-4,11,23H2,1H3,(H,24,29). The molecule has 3 aromatic rings. The smallest absolute Gasteiger partial charge is 0.245 e. The number of nitrogens with zero attached hydrogens (tertiary/aromatic N) is 4. The predicted octanol–water partition coefficient (Wildman–Crippen LogP) is 2.68. The number of benzene rings is 2. The van der Waals surface area contributed by atoms with Gasteiger partial charge in [-0.2, -0.15) is 0 Å². The van der Waals surface area contributed by atoms with Crippen molar-refractivity contribution >= 4 is 11.6 Å². The maximum absolute atomic E-state index is 13.3. The van der Waals surface area contributed by atoms with Crippen molar-refractivity contribution in [1.29, 1.82) is 0 Å². The van der Waals surface area contributed by atoms with Crippen LogP contribution < -0.4 is 11.1 Å². The number of hydrogen-bond donors (Lipinski definition) is 2. The number of nitrogen functional groups attached to an aromatic ring is 1. The summed E-state index contributed by atoms with van der Waals surface area (Å²) in [4.78, 5) is 13.3. The van der Waals surface area contributed by atoms with Crippen molar-refractivity contribution < 1.29 is 9.18 Å². The van der Waals surface area contributed by atoms with Gasteiger partial charge in [-0.15, -0.1) is 5.10 Å². The minimum atomic E-state index is -0.630. The minimum Gasteiger partial charge on any atom is -0.399 e. The molecule has 4 rings (SSSR count). The van der Waals surface area contributed by atoms with Crippen molar-refractivity contribution in [2.24, 2.45) is 0 Å². The average molecular weight is 394 g/mol. The molecule has 1 amide bonds.